The first-order valence-electron chi connectivity index (χ1n) is 10.2. The number of rotatable bonds is 7. The minimum atomic E-state index is -0.917. The molecule has 3 nitrogen and oxygen atoms in total. The number of nitrogens with one attached hydrogen (secondary N) is 1. The summed E-state index contributed by atoms with van der Waals surface area (Å²) in [5.41, 5.74) is 2.24. The molecule has 0 aliphatic rings. The van der Waals surface area contributed by atoms with Crippen molar-refractivity contribution in [3.8, 4) is 11.1 Å². The van der Waals surface area contributed by atoms with Gasteiger partial charge in [0.15, 0.2) is 0 Å². The van der Waals surface area contributed by atoms with Crippen molar-refractivity contribution in [2.45, 2.75) is 27.2 Å². The predicted molar refractivity (Wildman–Crippen MR) is 126 cm³/mol. The Kier molecular flexibility index (Phi) is 7.49. The Morgan fingerprint density at radius 1 is 1.06 bits per heavy atom. The molecular formula is C26H23F2NO2S. The van der Waals surface area contributed by atoms with E-state index in [1.807, 2.05) is 39.0 Å². The van der Waals surface area contributed by atoms with E-state index in [2.05, 4.69) is 5.32 Å². The Morgan fingerprint density at radius 3 is 2.31 bits per heavy atom. The average molecular weight is 452 g/mol. The van der Waals surface area contributed by atoms with Gasteiger partial charge in [-0.25, -0.2) is 8.78 Å². The van der Waals surface area contributed by atoms with Crippen LogP contribution in [0.15, 0.2) is 72.3 Å². The van der Waals surface area contributed by atoms with Crippen LogP contribution in [0.2, 0.25) is 0 Å². The second-order valence-corrected chi connectivity index (χ2v) is 8.35. The van der Waals surface area contributed by atoms with Gasteiger partial charge in [-0.1, -0.05) is 43.4 Å². The highest BCUT2D eigenvalue weighted by atomic mass is 32.1. The monoisotopic (exact) mass is 451 g/mol. The van der Waals surface area contributed by atoms with E-state index in [1.54, 1.807) is 30.3 Å². The summed E-state index contributed by atoms with van der Waals surface area (Å²) >= 11 is 1.43. The number of anilines is 1. The van der Waals surface area contributed by atoms with Crippen molar-refractivity contribution in [3.05, 3.63) is 99.3 Å². The lowest BCUT2D eigenvalue weighted by atomic mass is 10.0. The molecule has 0 radical (unpaired) electrons. The molecule has 0 saturated carbocycles. The minimum Gasteiger partial charge on any atom is -0.322 e. The van der Waals surface area contributed by atoms with Gasteiger partial charge < -0.3 is 5.32 Å². The summed E-state index contributed by atoms with van der Waals surface area (Å²) in [6, 6.07) is 12.1. The van der Waals surface area contributed by atoms with Crippen molar-refractivity contribution in [1.29, 1.82) is 0 Å². The van der Waals surface area contributed by atoms with Crippen LogP contribution in [0.1, 0.15) is 45.2 Å². The van der Waals surface area contributed by atoms with Crippen molar-refractivity contribution in [3.63, 3.8) is 0 Å². The van der Waals surface area contributed by atoms with Crippen LogP contribution >= 0.6 is 11.3 Å². The van der Waals surface area contributed by atoms with E-state index in [9.17, 15) is 18.4 Å². The zero-order valence-electron chi connectivity index (χ0n) is 18.0. The molecule has 32 heavy (non-hydrogen) atoms. The number of ketones is 1. The number of hydrogen-bond donors (Lipinski definition) is 1. The third-order valence-electron chi connectivity index (χ3n) is 4.89. The van der Waals surface area contributed by atoms with Gasteiger partial charge in [-0.2, -0.15) is 0 Å². The molecule has 0 aliphatic carbocycles. The van der Waals surface area contributed by atoms with Crippen molar-refractivity contribution < 1.29 is 18.4 Å². The molecule has 0 spiro atoms. The predicted octanol–water partition coefficient (Wildman–Crippen LogP) is 7.35. The average Bonchev–Trinajstić information content (AvgIpc) is 3.16. The fraction of sp³-hybridized carbons (Fsp3) is 0.154. The third-order valence-corrected chi connectivity index (χ3v) is 5.94. The number of carbonyl (C=O) groups excluding carboxylic acids is 2. The molecule has 0 fully saturated rings. The number of benzene rings is 2. The van der Waals surface area contributed by atoms with E-state index in [1.165, 1.54) is 17.4 Å². The summed E-state index contributed by atoms with van der Waals surface area (Å²) in [5, 5.41) is 2.51. The molecule has 3 aromatic rings. The Bertz CT molecular complexity index is 1190. The van der Waals surface area contributed by atoms with Crippen LogP contribution < -0.4 is 5.32 Å². The lowest BCUT2D eigenvalue weighted by molar-refractivity contribution is 0.101. The van der Waals surface area contributed by atoms with Gasteiger partial charge in [0.25, 0.3) is 5.91 Å². The number of hydrogen-bond acceptors (Lipinski definition) is 3. The maximum atomic E-state index is 13.8. The van der Waals surface area contributed by atoms with Crippen molar-refractivity contribution >= 4 is 28.7 Å². The fourth-order valence-electron chi connectivity index (χ4n) is 3.21. The minimum absolute atomic E-state index is 0.0210. The number of thiophene rings is 1. The highest BCUT2D eigenvalue weighted by Gasteiger charge is 2.18. The van der Waals surface area contributed by atoms with Gasteiger partial charge in [-0.05, 0) is 61.7 Å². The lowest BCUT2D eigenvalue weighted by Gasteiger charge is -2.08. The maximum absolute atomic E-state index is 13.8. The number of aryl methyl sites for hydroxylation is 1. The van der Waals surface area contributed by atoms with Gasteiger partial charge in [-0.3, -0.25) is 9.59 Å². The van der Waals surface area contributed by atoms with E-state index in [4.69, 9.17) is 0 Å². The summed E-state index contributed by atoms with van der Waals surface area (Å²) < 4.78 is 27.6. The van der Waals surface area contributed by atoms with Crippen LogP contribution in [0, 0.1) is 18.6 Å². The molecule has 1 heterocycles. The largest absolute Gasteiger partial charge is 0.322 e. The Hall–Kier alpha value is -3.38. The normalized spacial score (nSPS) is 11.7. The van der Waals surface area contributed by atoms with E-state index in [0.717, 1.165) is 34.6 Å². The maximum Gasteiger partial charge on any atom is 0.261 e. The second kappa shape index (κ2) is 10.3. The van der Waals surface area contributed by atoms with Gasteiger partial charge in [0.2, 0.25) is 5.78 Å². The number of amides is 1. The zero-order valence-corrected chi connectivity index (χ0v) is 18.9. The first-order chi connectivity index (χ1) is 15.3. The van der Waals surface area contributed by atoms with Crippen LogP contribution in [0.4, 0.5) is 14.5 Å². The summed E-state index contributed by atoms with van der Waals surface area (Å²) in [6.45, 7) is 5.81. The molecule has 1 amide bonds. The Balaban J connectivity index is 1.80. The molecule has 0 bridgehead atoms. The van der Waals surface area contributed by atoms with E-state index < -0.39 is 23.1 Å². The van der Waals surface area contributed by atoms with Gasteiger partial charge in [0.1, 0.15) is 17.2 Å². The van der Waals surface area contributed by atoms with Crippen molar-refractivity contribution in [1.82, 2.24) is 0 Å². The molecule has 6 heteroatoms. The zero-order chi connectivity index (χ0) is 23.3. The quantitative estimate of drug-likeness (QED) is 0.232. The molecule has 0 saturated heterocycles. The molecule has 3 rings (SSSR count). The van der Waals surface area contributed by atoms with E-state index in [0.29, 0.717) is 16.1 Å². The Morgan fingerprint density at radius 2 is 1.72 bits per heavy atom. The number of allylic oxidation sites excluding steroid dienone is 4. The van der Waals surface area contributed by atoms with Gasteiger partial charge in [-0.15, -0.1) is 11.3 Å². The van der Waals surface area contributed by atoms with Crippen LogP contribution in [0.5, 0.6) is 0 Å². The summed E-state index contributed by atoms with van der Waals surface area (Å²) in [4.78, 5) is 26.7. The van der Waals surface area contributed by atoms with Gasteiger partial charge in [0.05, 0.1) is 4.88 Å². The summed E-state index contributed by atoms with van der Waals surface area (Å²) in [5.74, 6) is -2.71. The first-order valence-corrected chi connectivity index (χ1v) is 11.0. The third kappa shape index (κ3) is 5.08. The van der Waals surface area contributed by atoms with E-state index >= 15 is 0 Å². The van der Waals surface area contributed by atoms with Gasteiger partial charge in [0, 0.05) is 16.1 Å². The number of halogens is 2. The van der Waals surface area contributed by atoms with Crippen LogP contribution in [-0.2, 0) is 0 Å². The van der Waals surface area contributed by atoms with Crippen LogP contribution in [0.25, 0.3) is 11.1 Å². The smallest absolute Gasteiger partial charge is 0.261 e. The van der Waals surface area contributed by atoms with E-state index in [-0.39, 0.29) is 5.78 Å². The highest BCUT2D eigenvalue weighted by molar-refractivity contribution is 7.14. The highest BCUT2D eigenvalue weighted by Crippen LogP contribution is 2.33. The fourth-order valence-corrected chi connectivity index (χ4v) is 4.22. The van der Waals surface area contributed by atoms with Crippen LogP contribution in [-0.4, -0.2) is 11.7 Å². The molecule has 0 unspecified atom stereocenters. The number of carbonyl (C=O) groups is 2. The van der Waals surface area contributed by atoms with Gasteiger partial charge >= 0.3 is 0 Å². The molecule has 2 aromatic carbocycles. The first kappa shape index (κ1) is 23.3. The molecule has 0 aliphatic heterocycles. The Labute approximate surface area is 190 Å². The topological polar surface area (TPSA) is 46.2 Å². The lowest BCUT2D eigenvalue weighted by Crippen LogP contribution is -2.15. The standard InChI is InChI=1S/C26H23F2NO2S/c1-4-6-8-17(5-2)25(30)23-15-20(16(3)32-23)18-11-13-19(14-12-18)29-26(31)24-21(27)9-7-10-22(24)28/h5-15H,4H2,1-3H3,(H,29,31)/b8-6-,17-5+. The molecular weight excluding hydrogens is 428 g/mol. The van der Waals surface area contributed by atoms with Crippen molar-refractivity contribution in [2.75, 3.05) is 5.32 Å². The summed E-state index contributed by atoms with van der Waals surface area (Å²) in [7, 11) is 0. The van der Waals surface area contributed by atoms with Crippen LogP contribution in [0.3, 0.4) is 0 Å². The second-order valence-electron chi connectivity index (χ2n) is 7.09. The SMILES string of the molecule is C/C=C(\C=C/CC)C(=O)c1cc(-c2ccc(NC(=O)c3c(F)cccc3F)cc2)c(C)s1. The molecule has 0 atom stereocenters. The van der Waals surface area contributed by atoms with Crippen molar-refractivity contribution in [2.24, 2.45) is 0 Å². The molecule has 1 aromatic heterocycles. The molecule has 164 valence electrons. The molecule has 1 N–H and O–H groups in total. The number of Topliss-reactive ketones (excluding diaryl/α,β-unsaturated/α-hetero) is 1. The summed E-state index contributed by atoms with van der Waals surface area (Å²) in [6.07, 6.45) is 6.45.